The summed E-state index contributed by atoms with van der Waals surface area (Å²) in [5.41, 5.74) is -0.449. The van der Waals surface area contributed by atoms with Crippen LogP contribution in [0.1, 0.15) is 0 Å². The Morgan fingerprint density at radius 3 is 2.54 bits per heavy atom. The Hall–Kier alpha value is -3.76. The molecule has 0 aliphatic rings. The van der Waals surface area contributed by atoms with Crippen LogP contribution in [0.25, 0.3) is 11.4 Å². The van der Waals surface area contributed by atoms with E-state index >= 15 is 0 Å². The number of benzene rings is 1. The molecule has 10 nitrogen and oxygen atoms in total. The predicted molar refractivity (Wildman–Crippen MR) is 75.1 cm³/mol. The van der Waals surface area contributed by atoms with E-state index in [4.69, 9.17) is 0 Å². The molecular weight excluding hydrogens is 327 g/mol. The summed E-state index contributed by atoms with van der Waals surface area (Å²) >= 11 is 0. The molecule has 0 radical (unpaired) electrons. The lowest BCUT2D eigenvalue weighted by Gasteiger charge is -2.01. The van der Waals surface area contributed by atoms with E-state index in [1.165, 1.54) is 12.1 Å². The van der Waals surface area contributed by atoms with Crippen molar-refractivity contribution in [1.82, 2.24) is 10.1 Å². The molecule has 3 rings (SSSR count). The normalized spacial score (nSPS) is 9.88. The van der Waals surface area contributed by atoms with Crippen LogP contribution < -0.4 is 4.73 Å². The van der Waals surface area contributed by atoms with Gasteiger partial charge in [0.05, 0.1) is 4.92 Å². The summed E-state index contributed by atoms with van der Waals surface area (Å²) in [5.74, 6) is -2.10. The highest BCUT2D eigenvalue weighted by Crippen LogP contribution is 2.38. The van der Waals surface area contributed by atoms with Gasteiger partial charge in [-0.2, -0.15) is 4.98 Å². The van der Waals surface area contributed by atoms with E-state index in [1.54, 1.807) is 0 Å². The third-order valence-electron chi connectivity index (χ3n) is 2.66. The molecule has 0 spiro atoms. The molecule has 2 N–H and O–H groups in total. The molecule has 0 bridgehead atoms. The molecule has 0 saturated heterocycles. The number of nitro groups is 1. The van der Waals surface area contributed by atoms with Crippen molar-refractivity contribution < 1.29 is 28.8 Å². The van der Waals surface area contributed by atoms with Crippen LogP contribution in [-0.2, 0) is 0 Å². The number of hydrogen-bond acceptors (Lipinski definition) is 8. The van der Waals surface area contributed by atoms with Crippen LogP contribution in [0.2, 0.25) is 0 Å². The minimum absolute atomic E-state index is 0.0819. The lowest BCUT2D eigenvalue weighted by atomic mass is 10.1. The Labute approximate surface area is 132 Å². The van der Waals surface area contributed by atoms with Gasteiger partial charge in [0.25, 0.3) is 0 Å². The molecule has 0 atom stereocenters. The number of nitrogens with zero attached hydrogens (tertiary/aromatic N) is 4. The van der Waals surface area contributed by atoms with E-state index in [0.717, 1.165) is 30.8 Å². The lowest BCUT2D eigenvalue weighted by Crippen LogP contribution is -2.29. The number of hydrogen-bond donors (Lipinski definition) is 2. The number of phenolic OH excluding ortho intramolecular Hbond substituents is 2. The zero-order valence-electron chi connectivity index (χ0n) is 11.7. The number of pyridine rings is 1. The topological polar surface area (TPSA) is 149 Å². The minimum atomic E-state index is -0.821. The zero-order chi connectivity index (χ0) is 17.7. The molecule has 0 aliphatic heterocycles. The fourth-order valence-electron chi connectivity index (χ4n) is 1.58. The van der Waals surface area contributed by atoms with Crippen LogP contribution in [0.3, 0.4) is 0 Å². The highest BCUT2D eigenvalue weighted by Gasteiger charge is 2.20. The monoisotopic (exact) mass is 336 g/mol. The summed E-state index contributed by atoms with van der Waals surface area (Å²) < 4.78 is 16.6. The zero-order valence-corrected chi connectivity index (χ0v) is 11.7. The van der Waals surface area contributed by atoms with Crippen molar-refractivity contribution in [3.05, 3.63) is 64.2 Å². The van der Waals surface area contributed by atoms with Crippen LogP contribution in [-0.4, -0.2) is 25.3 Å². The van der Waals surface area contributed by atoms with Crippen LogP contribution in [0.4, 0.5) is 10.1 Å². The molecular formula is C13H9FN4O6. The maximum absolute atomic E-state index is 12.0. The SMILES string of the molecule is O=[N+]([O-])c1cc(-c2ncon2)cc(O)c1O.[O-][n+]1ccccc1F. The van der Waals surface area contributed by atoms with Crippen molar-refractivity contribution in [3.8, 4) is 22.9 Å². The Morgan fingerprint density at radius 1 is 1.29 bits per heavy atom. The molecule has 1 aromatic carbocycles. The van der Waals surface area contributed by atoms with E-state index in [2.05, 4.69) is 14.7 Å². The van der Waals surface area contributed by atoms with Gasteiger partial charge in [-0.15, -0.1) is 9.12 Å². The molecule has 124 valence electrons. The molecule has 24 heavy (non-hydrogen) atoms. The minimum Gasteiger partial charge on any atom is -0.617 e. The molecule has 2 aromatic heterocycles. The lowest BCUT2D eigenvalue weighted by molar-refractivity contribution is -0.637. The van der Waals surface area contributed by atoms with Crippen LogP contribution >= 0.6 is 0 Å². The first-order valence-corrected chi connectivity index (χ1v) is 6.21. The van der Waals surface area contributed by atoms with E-state index in [9.17, 15) is 29.9 Å². The first-order chi connectivity index (χ1) is 11.4. The smallest absolute Gasteiger partial charge is 0.370 e. The maximum atomic E-state index is 12.0. The summed E-state index contributed by atoms with van der Waals surface area (Å²) in [4.78, 5) is 13.4. The van der Waals surface area contributed by atoms with Crippen molar-refractivity contribution in [3.63, 3.8) is 0 Å². The van der Waals surface area contributed by atoms with E-state index < -0.39 is 28.1 Å². The second-order valence-electron chi connectivity index (χ2n) is 4.22. The standard InChI is InChI=1S/C8H5N3O5.C5H4FNO/c12-6-2-4(8-9-3-16-10-8)1-5(7(6)13)11(14)15;6-5-3-1-2-4-7(5)8/h1-3,12-13H;1-4H. The highest BCUT2D eigenvalue weighted by atomic mass is 19.1. The Bertz CT molecular complexity index is 835. The predicted octanol–water partition coefficient (Wildman–Crippen LogP) is 1.52. The second kappa shape index (κ2) is 7.00. The maximum Gasteiger partial charge on any atom is 0.370 e. The van der Waals surface area contributed by atoms with Gasteiger partial charge in [-0.1, -0.05) is 5.16 Å². The first-order valence-electron chi connectivity index (χ1n) is 6.21. The first kappa shape index (κ1) is 16.6. The van der Waals surface area contributed by atoms with Crippen molar-refractivity contribution >= 4 is 5.69 Å². The number of nitro benzene ring substituents is 1. The van der Waals surface area contributed by atoms with Gasteiger partial charge < -0.3 is 19.9 Å². The molecule has 11 heteroatoms. The Kier molecular flexibility index (Phi) is 4.84. The summed E-state index contributed by atoms with van der Waals surface area (Å²) in [7, 11) is 0. The molecule has 0 unspecified atom stereocenters. The fourth-order valence-corrected chi connectivity index (χ4v) is 1.58. The van der Waals surface area contributed by atoms with Crippen molar-refractivity contribution in [2.75, 3.05) is 0 Å². The number of halogens is 1. The third kappa shape index (κ3) is 3.71. The van der Waals surface area contributed by atoms with Crippen LogP contribution in [0.15, 0.2) is 47.4 Å². The molecule has 3 aromatic rings. The van der Waals surface area contributed by atoms with Gasteiger partial charge in [0.1, 0.15) is 0 Å². The van der Waals surface area contributed by atoms with Crippen LogP contribution in [0, 0.1) is 21.3 Å². The summed E-state index contributed by atoms with van der Waals surface area (Å²) in [6.07, 6.45) is 2.15. The van der Waals surface area contributed by atoms with Gasteiger partial charge >= 0.3 is 11.6 Å². The van der Waals surface area contributed by atoms with Gasteiger partial charge in [0.15, 0.2) is 11.9 Å². The summed E-state index contributed by atoms with van der Waals surface area (Å²) in [5, 5.41) is 42.7. The van der Waals surface area contributed by atoms with Crippen molar-refractivity contribution in [2.24, 2.45) is 0 Å². The van der Waals surface area contributed by atoms with E-state index in [-0.39, 0.29) is 16.1 Å². The van der Waals surface area contributed by atoms with Gasteiger partial charge in [0, 0.05) is 23.8 Å². The number of phenols is 2. The van der Waals surface area contributed by atoms with Crippen molar-refractivity contribution in [2.45, 2.75) is 0 Å². The van der Waals surface area contributed by atoms with Crippen LogP contribution in [0.5, 0.6) is 11.5 Å². The van der Waals surface area contributed by atoms with Gasteiger partial charge in [-0.25, -0.2) is 0 Å². The average Bonchev–Trinajstić information content (AvgIpc) is 3.07. The Balaban J connectivity index is 0.000000219. The number of aromatic hydroxyl groups is 2. The number of aromatic nitrogens is 3. The van der Waals surface area contributed by atoms with Gasteiger partial charge in [0.2, 0.25) is 18.0 Å². The fraction of sp³-hybridized carbons (Fsp3) is 0. The quantitative estimate of drug-likeness (QED) is 0.178. The average molecular weight is 336 g/mol. The van der Waals surface area contributed by atoms with E-state index in [0.29, 0.717) is 0 Å². The summed E-state index contributed by atoms with van der Waals surface area (Å²) in [6, 6.07) is 6.18. The molecule has 0 fully saturated rings. The largest absolute Gasteiger partial charge is 0.617 e. The molecule has 2 heterocycles. The van der Waals surface area contributed by atoms with Gasteiger partial charge in [-0.05, 0) is 12.1 Å². The molecule has 0 aliphatic carbocycles. The summed E-state index contributed by atoms with van der Waals surface area (Å²) in [6.45, 7) is 0. The van der Waals surface area contributed by atoms with E-state index in [1.807, 2.05) is 0 Å². The second-order valence-corrected chi connectivity index (χ2v) is 4.22. The van der Waals surface area contributed by atoms with Gasteiger partial charge in [-0.3, -0.25) is 10.1 Å². The third-order valence-corrected chi connectivity index (χ3v) is 2.66. The molecule has 0 saturated carbocycles. The molecule has 0 amide bonds. The van der Waals surface area contributed by atoms with Crippen molar-refractivity contribution in [1.29, 1.82) is 0 Å². The Morgan fingerprint density at radius 2 is 2.04 bits per heavy atom. The highest BCUT2D eigenvalue weighted by molar-refractivity contribution is 5.67. The number of rotatable bonds is 2.